The summed E-state index contributed by atoms with van der Waals surface area (Å²) >= 11 is 0. The van der Waals surface area contributed by atoms with Crippen LogP contribution in [0.15, 0.2) is 65.6 Å². The van der Waals surface area contributed by atoms with E-state index in [2.05, 4.69) is 21.9 Å². The monoisotopic (exact) mass is 771 g/mol. The average molecular weight is 772 g/mol. The van der Waals surface area contributed by atoms with Crippen LogP contribution in [0.1, 0.15) is 65.2 Å². The van der Waals surface area contributed by atoms with Gasteiger partial charge in [-0.25, -0.2) is 18.2 Å². The molecule has 0 bridgehead atoms. The van der Waals surface area contributed by atoms with Gasteiger partial charge in [0.2, 0.25) is 21.8 Å². The summed E-state index contributed by atoms with van der Waals surface area (Å²) in [6, 6.07) is 12.8. The maximum Gasteiger partial charge on any atom is 0.408 e. The molecule has 3 aliphatic carbocycles. The number of nitrogens with one attached hydrogen (secondary N) is 3. The van der Waals surface area contributed by atoms with Gasteiger partial charge < -0.3 is 29.4 Å². The molecule has 14 nitrogen and oxygen atoms in total. The Kier molecular flexibility index (Phi) is 9.46. The summed E-state index contributed by atoms with van der Waals surface area (Å²) in [4.78, 5) is 61.8. The van der Waals surface area contributed by atoms with Crippen molar-refractivity contribution in [2.75, 3.05) is 6.54 Å². The number of aromatic nitrogens is 1. The number of alkyl carbamates (subject to hydrolysis) is 1. The van der Waals surface area contributed by atoms with E-state index in [9.17, 15) is 27.6 Å². The third kappa shape index (κ3) is 6.98. The number of hydrogen-bond acceptors (Lipinski definition) is 10. The highest BCUT2D eigenvalue weighted by atomic mass is 32.2. The van der Waals surface area contributed by atoms with Crippen LogP contribution in [0.2, 0.25) is 0 Å². The zero-order valence-electron chi connectivity index (χ0n) is 30.8. The number of likely N-dealkylation sites (tertiary alicyclic amines) is 1. The topological polar surface area (TPSA) is 186 Å². The van der Waals surface area contributed by atoms with Gasteiger partial charge in [-0.2, -0.15) is 0 Å². The Morgan fingerprint density at radius 2 is 1.71 bits per heavy atom. The van der Waals surface area contributed by atoms with Crippen molar-refractivity contribution >= 4 is 66.8 Å². The molecule has 3 saturated carbocycles. The quantitative estimate of drug-likeness (QED) is 0.168. The molecule has 55 heavy (non-hydrogen) atoms. The third-order valence-corrected chi connectivity index (χ3v) is 13.1. The Hall–Kier alpha value is -5.18. The van der Waals surface area contributed by atoms with Crippen molar-refractivity contribution < 1.29 is 41.5 Å². The summed E-state index contributed by atoms with van der Waals surface area (Å²) in [7, 11) is -3.91. The Bertz CT molecular complexity index is 2320. The first kappa shape index (κ1) is 36.8. The molecule has 3 heterocycles. The van der Waals surface area contributed by atoms with Crippen molar-refractivity contribution in [1.82, 2.24) is 25.2 Å². The minimum atomic E-state index is -3.91. The number of ether oxygens (including phenoxy) is 2. The van der Waals surface area contributed by atoms with Gasteiger partial charge in [0.05, 0.1) is 17.3 Å². The van der Waals surface area contributed by atoms with E-state index in [-0.39, 0.29) is 31.4 Å². The summed E-state index contributed by atoms with van der Waals surface area (Å²) < 4.78 is 46.3. The second-order valence-electron chi connectivity index (χ2n) is 15.6. The molecule has 0 unspecified atom stereocenters. The first-order valence-electron chi connectivity index (χ1n) is 19.0. The highest BCUT2D eigenvalue weighted by Crippen LogP contribution is 2.46. The van der Waals surface area contributed by atoms with Gasteiger partial charge >= 0.3 is 6.09 Å². The lowest BCUT2D eigenvalue weighted by molar-refractivity contribution is -0.141. The summed E-state index contributed by atoms with van der Waals surface area (Å²) in [6.45, 7) is 7.33. The summed E-state index contributed by atoms with van der Waals surface area (Å²) in [5.41, 5.74) is 0.750. The lowest BCUT2D eigenvalue weighted by atomic mass is 10.0. The Morgan fingerprint density at radius 3 is 2.40 bits per heavy atom. The van der Waals surface area contributed by atoms with Crippen LogP contribution < -0.4 is 20.1 Å². The van der Waals surface area contributed by atoms with Crippen LogP contribution >= 0.6 is 0 Å². The third-order valence-electron chi connectivity index (χ3n) is 11.3. The van der Waals surface area contributed by atoms with E-state index in [1.807, 2.05) is 48.5 Å². The predicted octanol–water partition coefficient (Wildman–Crippen LogP) is 4.85. The van der Waals surface area contributed by atoms with Gasteiger partial charge in [0, 0.05) is 23.1 Å². The number of para-hydroxylation sites is 2. The first-order chi connectivity index (χ1) is 26.4. The molecule has 0 spiro atoms. The van der Waals surface area contributed by atoms with Gasteiger partial charge in [-0.15, -0.1) is 6.58 Å². The van der Waals surface area contributed by atoms with E-state index in [4.69, 9.17) is 18.9 Å². The maximum absolute atomic E-state index is 14.5. The maximum atomic E-state index is 14.5. The number of rotatable bonds is 12. The van der Waals surface area contributed by atoms with Crippen molar-refractivity contribution in [3.63, 3.8) is 0 Å². The van der Waals surface area contributed by atoms with Crippen LogP contribution in [-0.4, -0.2) is 83.7 Å². The van der Waals surface area contributed by atoms with Gasteiger partial charge in [0.25, 0.3) is 5.91 Å². The molecule has 4 aromatic rings. The van der Waals surface area contributed by atoms with Crippen molar-refractivity contribution in [3.05, 3.63) is 61.2 Å². The van der Waals surface area contributed by atoms with Crippen LogP contribution in [0.3, 0.4) is 0 Å². The molecule has 2 aromatic carbocycles. The van der Waals surface area contributed by atoms with Crippen molar-refractivity contribution in [3.8, 4) is 5.75 Å². The van der Waals surface area contributed by atoms with Gasteiger partial charge in [0.15, 0.2) is 11.3 Å². The second kappa shape index (κ2) is 14.2. The number of fused-ring (bicyclic) bond motifs is 4. The largest absolute Gasteiger partial charge is 0.484 e. The number of carbonyl (C=O) groups is 4. The number of pyridine rings is 1. The zero-order chi connectivity index (χ0) is 38.6. The number of benzene rings is 2. The van der Waals surface area contributed by atoms with Crippen LogP contribution in [0, 0.1) is 11.8 Å². The molecule has 1 saturated heterocycles. The van der Waals surface area contributed by atoms with Crippen LogP contribution in [0.4, 0.5) is 4.79 Å². The van der Waals surface area contributed by atoms with Gasteiger partial charge in [-0.1, -0.05) is 44.2 Å². The fourth-order valence-corrected chi connectivity index (χ4v) is 9.36. The van der Waals surface area contributed by atoms with Crippen LogP contribution in [0.25, 0.3) is 33.0 Å². The molecular weight excluding hydrogens is 727 g/mol. The Balaban J connectivity index is 1.11. The number of furan rings is 1. The highest BCUT2D eigenvalue weighted by molar-refractivity contribution is 7.91. The lowest BCUT2D eigenvalue weighted by Crippen LogP contribution is -2.59. The molecule has 1 aliphatic heterocycles. The van der Waals surface area contributed by atoms with E-state index in [0.717, 1.165) is 31.1 Å². The number of carbonyl (C=O) groups excluding carboxylic acids is 4. The molecule has 3 N–H and O–H groups in total. The Labute approximate surface area is 318 Å². The Morgan fingerprint density at radius 1 is 1.00 bits per heavy atom. The van der Waals surface area contributed by atoms with E-state index in [0.29, 0.717) is 46.2 Å². The molecule has 4 aliphatic rings. The summed E-state index contributed by atoms with van der Waals surface area (Å²) in [6.07, 6.45) is 4.35. The highest BCUT2D eigenvalue weighted by Gasteiger charge is 2.62. The van der Waals surface area contributed by atoms with E-state index in [1.165, 1.54) is 11.0 Å². The molecular formula is C40H45N5O9S. The lowest BCUT2D eigenvalue weighted by Gasteiger charge is -2.31. The van der Waals surface area contributed by atoms with Crippen LogP contribution in [0.5, 0.6) is 5.75 Å². The zero-order valence-corrected chi connectivity index (χ0v) is 31.6. The van der Waals surface area contributed by atoms with Crippen molar-refractivity contribution in [2.45, 2.75) is 100 Å². The normalized spacial score (nSPS) is 24.6. The molecule has 5 atom stereocenters. The number of amides is 4. The molecule has 2 aromatic heterocycles. The molecule has 4 fully saturated rings. The molecule has 4 amide bonds. The smallest absolute Gasteiger partial charge is 0.408 e. The predicted molar refractivity (Wildman–Crippen MR) is 203 cm³/mol. The molecule has 15 heteroatoms. The molecule has 0 radical (unpaired) electrons. The van der Waals surface area contributed by atoms with Gasteiger partial charge in [0.1, 0.15) is 40.9 Å². The standard InChI is InChI=1S/C40H45N5O9S/c1-4-23-20-40(23,38(48)44-55(50,51)26-17-18-26)43-36(46)30-19-25(21-45(30)37(47)32(22(2)3)42-39(49)53-24-11-5-6-12-24)52-34-27-13-7-9-15-29(27)41-33-28-14-8-10-16-31(28)54-35(33)34/h4,7-10,13-16,22-26,30,32H,1,5-6,11-12,17-21H2,2-3H3,(H,42,49)(H,43,46)(H,44,48)/t23-,25-,30+,32+,40-/m1/s1. The second-order valence-corrected chi connectivity index (χ2v) is 17.5. The van der Waals surface area contributed by atoms with Crippen molar-refractivity contribution in [1.29, 1.82) is 0 Å². The van der Waals surface area contributed by atoms with Crippen molar-refractivity contribution in [2.24, 2.45) is 11.8 Å². The average Bonchev–Trinajstić information content (AvgIpc) is 3.99. The fourth-order valence-electron chi connectivity index (χ4n) is 7.99. The molecule has 290 valence electrons. The number of sulfonamides is 1. The summed E-state index contributed by atoms with van der Waals surface area (Å²) in [5.74, 6) is -2.53. The SMILES string of the molecule is C=C[C@@H]1C[C@]1(NC(=O)[C@@H]1C[C@@H](Oc2c3ccccc3nc3c2oc2ccccc23)CN1C(=O)[C@@H](NC(=O)OC1CCCC1)C(C)C)C(=O)NS(=O)(=O)C1CC1. The fraction of sp³-hybridized carbons (Fsp3) is 0.475. The van der Waals surface area contributed by atoms with Gasteiger partial charge in [-0.3, -0.25) is 19.1 Å². The van der Waals surface area contributed by atoms with Crippen LogP contribution in [-0.2, 0) is 29.1 Å². The first-order valence-corrected chi connectivity index (χ1v) is 20.6. The van der Waals surface area contributed by atoms with E-state index in [1.54, 1.807) is 13.8 Å². The van der Waals surface area contributed by atoms with E-state index < -0.39 is 68.7 Å². The molecule has 8 rings (SSSR count). The van der Waals surface area contributed by atoms with E-state index >= 15 is 0 Å². The number of nitrogens with zero attached hydrogens (tertiary/aromatic N) is 2. The number of hydrogen-bond donors (Lipinski definition) is 3. The minimum Gasteiger partial charge on any atom is -0.484 e. The summed E-state index contributed by atoms with van der Waals surface area (Å²) in [5, 5.41) is 6.41. The minimum absolute atomic E-state index is 0.0180. The van der Waals surface area contributed by atoms with Gasteiger partial charge in [-0.05, 0) is 75.1 Å².